The van der Waals surface area contributed by atoms with Gasteiger partial charge in [0.2, 0.25) is 5.91 Å². The topological polar surface area (TPSA) is 58.6 Å². The molecule has 1 fully saturated rings. The van der Waals surface area contributed by atoms with Gasteiger partial charge in [0, 0.05) is 17.6 Å². The third-order valence-corrected chi connectivity index (χ3v) is 6.38. The van der Waals surface area contributed by atoms with E-state index in [0.717, 1.165) is 31.2 Å². The second-order valence-electron chi connectivity index (χ2n) is 8.21. The SMILES string of the molecule is C[C@H](C(=O)NC1CCCCC1)N(CCc1ccccc1)C(=O)COc1ccc(Cl)cc1Cl. The molecule has 172 valence electrons. The number of halogens is 2. The highest BCUT2D eigenvalue weighted by atomic mass is 35.5. The highest BCUT2D eigenvalue weighted by molar-refractivity contribution is 6.35. The van der Waals surface area contributed by atoms with Crippen molar-refractivity contribution in [3.05, 3.63) is 64.1 Å². The molecule has 3 rings (SSSR count). The van der Waals surface area contributed by atoms with Gasteiger partial charge in [-0.1, -0.05) is 72.8 Å². The maximum Gasteiger partial charge on any atom is 0.261 e. The monoisotopic (exact) mass is 476 g/mol. The zero-order chi connectivity index (χ0) is 22.9. The molecule has 1 aliphatic carbocycles. The van der Waals surface area contributed by atoms with Crippen LogP contribution >= 0.6 is 23.2 Å². The van der Waals surface area contributed by atoms with Crippen molar-refractivity contribution in [1.82, 2.24) is 10.2 Å². The van der Waals surface area contributed by atoms with Gasteiger partial charge in [-0.05, 0) is 49.9 Å². The van der Waals surface area contributed by atoms with Gasteiger partial charge in [0.05, 0.1) is 5.02 Å². The molecule has 0 saturated heterocycles. The molecule has 0 aliphatic heterocycles. The summed E-state index contributed by atoms with van der Waals surface area (Å²) < 4.78 is 5.65. The van der Waals surface area contributed by atoms with Crippen LogP contribution in [0.3, 0.4) is 0 Å². The number of carbonyl (C=O) groups is 2. The molecule has 2 aromatic rings. The number of ether oxygens (including phenoxy) is 1. The Kier molecular flexibility index (Phi) is 9.24. The Hall–Kier alpha value is -2.24. The van der Waals surface area contributed by atoms with E-state index in [4.69, 9.17) is 27.9 Å². The number of hydrogen-bond acceptors (Lipinski definition) is 3. The lowest BCUT2D eigenvalue weighted by Gasteiger charge is -2.31. The molecule has 0 aromatic heterocycles. The third kappa shape index (κ3) is 7.14. The number of nitrogens with one attached hydrogen (secondary N) is 1. The average molecular weight is 477 g/mol. The summed E-state index contributed by atoms with van der Waals surface area (Å²) in [4.78, 5) is 27.7. The van der Waals surface area contributed by atoms with Crippen molar-refractivity contribution < 1.29 is 14.3 Å². The number of rotatable bonds is 9. The standard InChI is InChI=1S/C25H30Cl2N2O3/c1-18(25(31)28-21-10-6-3-7-11-21)29(15-14-19-8-4-2-5-9-19)24(30)17-32-23-13-12-20(26)16-22(23)27/h2,4-5,8-9,12-13,16,18,21H,3,6-7,10-11,14-15,17H2,1H3,(H,28,31)/t18-/m1/s1. The van der Waals surface area contributed by atoms with Crippen LogP contribution in [0, 0.1) is 0 Å². The molecule has 1 saturated carbocycles. The van der Waals surface area contributed by atoms with E-state index in [0.29, 0.717) is 28.8 Å². The van der Waals surface area contributed by atoms with E-state index in [2.05, 4.69) is 5.32 Å². The fraction of sp³-hybridized carbons (Fsp3) is 0.440. The summed E-state index contributed by atoms with van der Waals surface area (Å²) in [5, 5.41) is 3.96. The fourth-order valence-electron chi connectivity index (χ4n) is 3.95. The Morgan fingerprint density at radius 2 is 1.81 bits per heavy atom. The minimum atomic E-state index is -0.600. The maximum absolute atomic E-state index is 13.1. The summed E-state index contributed by atoms with van der Waals surface area (Å²) in [7, 11) is 0. The Morgan fingerprint density at radius 3 is 2.50 bits per heavy atom. The number of benzene rings is 2. The summed E-state index contributed by atoms with van der Waals surface area (Å²) in [5.41, 5.74) is 1.10. The number of hydrogen-bond donors (Lipinski definition) is 1. The highest BCUT2D eigenvalue weighted by Crippen LogP contribution is 2.27. The predicted molar refractivity (Wildman–Crippen MR) is 128 cm³/mol. The largest absolute Gasteiger partial charge is 0.482 e. The van der Waals surface area contributed by atoms with Crippen LogP contribution in [-0.4, -0.2) is 41.9 Å². The molecule has 0 unspecified atom stereocenters. The molecule has 7 heteroatoms. The van der Waals surface area contributed by atoms with Gasteiger partial charge in [-0.2, -0.15) is 0 Å². The normalized spacial score (nSPS) is 15.1. The summed E-state index contributed by atoms with van der Waals surface area (Å²) in [6.07, 6.45) is 6.12. The quantitative estimate of drug-likeness (QED) is 0.535. The lowest BCUT2D eigenvalue weighted by atomic mass is 9.95. The number of nitrogens with zero attached hydrogens (tertiary/aromatic N) is 1. The molecular weight excluding hydrogens is 447 g/mol. The molecule has 32 heavy (non-hydrogen) atoms. The zero-order valence-corrected chi connectivity index (χ0v) is 19.9. The van der Waals surface area contributed by atoms with E-state index in [9.17, 15) is 9.59 Å². The first-order chi connectivity index (χ1) is 15.4. The molecule has 0 bridgehead atoms. The van der Waals surface area contributed by atoms with Crippen molar-refractivity contribution in [2.75, 3.05) is 13.2 Å². The van der Waals surface area contributed by atoms with Crippen molar-refractivity contribution in [1.29, 1.82) is 0 Å². The predicted octanol–water partition coefficient (Wildman–Crippen LogP) is 5.28. The Morgan fingerprint density at radius 1 is 1.09 bits per heavy atom. The van der Waals surface area contributed by atoms with Crippen LogP contribution in [0.2, 0.25) is 10.0 Å². The second kappa shape index (κ2) is 12.1. The minimum Gasteiger partial charge on any atom is -0.482 e. The minimum absolute atomic E-state index is 0.122. The van der Waals surface area contributed by atoms with E-state index in [1.165, 1.54) is 6.42 Å². The van der Waals surface area contributed by atoms with Crippen LogP contribution in [0.4, 0.5) is 0 Å². The molecule has 0 spiro atoms. The summed E-state index contributed by atoms with van der Waals surface area (Å²) >= 11 is 12.1. The maximum atomic E-state index is 13.1. The van der Waals surface area contributed by atoms with Gasteiger partial charge < -0.3 is 15.0 Å². The first-order valence-electron chi connectivity index (χ1n) is 11.2. The second-order valence-corrected chi connectivity index (χ2v) is 9.05. The van der Waals surface area contributed by atoms with Crippen molar-refractivity contribution in [2.24, 2.45) is 0 Å². The summed E-state index contributed by atoms with van der Waals surface area (Å²) in [5.74, 6) is -0.00665. The number of amides is 2. The zero-order valence-electron chi connectivity index (χ0n) is 18.4. The van der Waals surface area contributed by atoms with Crippen molar-refractivity contribution in [3.63, 3.8) is 0 Å². The molecular formula is C25H30Cl2N2O3. The van der Waals surface area contributed by atoms with Crippen molar-refractivity contribution >= 4 is 35.0 Å². The van der Waals surface area contributed by atoms with Crippen LogP contribution in [0.5, 0.6) is 5.75 Å². The van der Waals surface area contributed by atoms with Gasteiger partial charge in [0.1, 0.15) is 11.8 Å². The first-order valence-corrected chi connectivity index (χ1v) is 11.9. The Labute approximate surface area is 200 Å². The molecule has 1 N–H and O–H groups in total. The van der Waals surface area contributed by atoms with Crippen LogP contribution in [0.25, 0.3) is 0 Å². The first kappa shape index (κ1) is 24.4. The van der Waals surface area contributed by atoms with E-state index >= 15 is 0 Å². The summed E-state index contributed by atoms with van der Waals surface area (Å²) in [6, 6.07) is 14.3. The fourth-order valence-corrected chi connectivity index (χ4v) is 4.42. The van der Waals surface area contributed by atoms with Gasteiger partial charge in [-0.25, -0.2) is 0 Å². The molecule has 5 nitrogen and oxygen atoms in total. The molecule has 1 aliphatic rings. The van der Waals surface area contributed by atoms with Crippen LogP contribution < -0.4 is 10.1 Å². The molecule has 0 radical (unpaired) electrons. The van der Waals surface area contributed by atoms with E-state index in [1.807, 2.05) is 30.3 Å². The average Bonchev–Trinajstić information content (AvgIpc) is 2.80. The van der Waals surface area contributed by atoms with Crippen LogP contribution in [-0.2, 0) is 16.0 Å². The van der Waals surface area contributed by atoms with Crippen molar-refractivity contribution in [3.8, 4) is 5.75 Å². The molecule has 2 aromatic carbocycles. The van der Waals surface area contributed by atoms with Gasteiger partial charge in [-0.15, -0.1) is 0 Å². The van der Waals surface area contributed by atoms with Crippen LogP contribution in [0.15, 0.2) is 48.5 Å². The van der Waals surface area contributed by atoms with E-state index in [1.54, 1.807) is 30.0 Å². The molecule has 2 amide bonds. The molecule has 0 heterocycles. The van der Waals surface area contributed by atoms with Crippen LogP contribution in [0.1, 0.15) is 44.6 Å². The van der Waals surface area contributed by atoms with E-state index in [-0.39, 0.29) is 24.5 Å². The summed E-state index contributed by atoms with van der Waals surface area (Å²) in [6.45, 7) is 1.98. The lowest BCUT2D eigenvalue weighted by molar-refractivity contribution is -0.141. The molecule has 1 atom stereocenters. The van der Waals surface area contributed by atoms with Gasteiger partial charge in [-0.3, -0.25) is 9.59 Å². The Balaban J connectivity index is 1.66. The highest BCUT2D eigenvalue weighted by Gasteiger charge is 2.28. The number of carbonyl (C=O) groups excluding carboxylic acids is 2. The van der Waals surface area contributed by atoms with Gasteiger partial charge in [0.25, 0.3) is 5.91 Å². The smallest absolute Gasteiger partial charge is 0.261 e. The third-order valence-electron chi connectivity index (χ3n) is 5.85. The van der Waals surface area contributed by atoms with Gasteiger partial charge in [0.15, 0.2) is 6.61 Å². The lowest BCUT2D eigenvalue weighted by Crippen LogP contribution is -2.52. The van der Waals surface area contributed by atoms with Gasteiger partial charge >= 0.3 is 0 Å². The van der Waals surface area contributed by atoms with Crippen molar-refractivity contribution in [2.45, 2.75) is 57.5 Å². The van der Waals surface area contributed by atoms with E-state index < -0.39 is 6.04 Å². The Bertz CT molecular complexity index is 901.